The van der Waals surface area contributed by atoms with E-state index in [-0.39, 0.29) is 18.0 Å². The molecule has 0 aromatic heterocycles. The van der Waals surface area contributed by atoms with Gasteiger partial charge in [0.25, 0.3) is 0 Å². The second-order valence-corrected chi connectivity index (χ2v) is 4.25. The third-order valence-corrected chi connectivity index (χ3v) is 3.15. The van der Waals surface area contributed by atoms with Gasteiger partial charge in [-0.2, -0.15) is 0 Å². The van der Waals surface area contributed by atoms with Crippen LogP contribution in [0.25, 0.3) is 0 Å². The van der Waals surface area contributed by atoms with Crippen molar-refractivity contribution in [3.8, 4) is 0 Å². The van der Waals surface area contributed by atoms with Gasteiger partial charge in [-0.1, -0.05) is 26.1 Å². The highest BCUT2D eigenvalue weighted by Crippen LogP contribution is 2.15. The first-order valence-corrected chi connectivity index (χ1v) is 5.85. The number of hydrogen-bond donors (Lipinski definition) is 2. The van der Waals surface area contributed by atoms with E-state index < -0.39 is 0 Å². The molecule has 2 atom stereocenters. The second kappa shape index (κ2) is 5.42. The largest absolute Gasteiger partial charge is 0.392 e. The van der Waals surface area contributed by atoms with E-state index >= 15 is 0 Å². The SMILES string of the molecule is CCC1C(=O)NCCN1C(CC)C(N)=S. The van der Waals surface area contributed by atoms with Crippen LogP contribution in [0.1, 0.15) is 26.7 Å². The maximum Gasteiger partial charge on any atom is 0.237 e. The summed E-state index contributed by atoms with van der Waals surface area (Å²) in [6.07, 6.45) is 1.66. The average molecular weight is 229 g/mol. The van der Waals surface area contributed by atoms with Gasteiger partial charge < -0.3 is 11.1 Å². The minimum atomic E-state index is -0.0785. The minimum absolute atomic E-state index is 0.0519. The van der Waals surface area contributed by atoms with Crippen LogP contribution in [-0.2, 0) is 4.79 Å². The summed E-state index contributed by atoms with van der Waals surface area (Å²) in [4.78, 5) is 14.3. The molecule has 0 bridgehead atoms. The topological polar surface area (TPSA) is 58.4 Å². The fraction of sp³-hybridized carbons (Fsp3) is 0.800. The first-order chi connectivity index (χ1) is 7.11. The molecule has 86 valence electrons. The maximum atomic E-state index is 11.6. The van der Waals surface area contributed by atoms with Crippen LogP contribution in [0.4, 0.5) is 0 Å². The molecular formula is C10H19N3OS. The summed E-state index contributed by atoms with van der Waals surface area (Å²) in [5.41, 5.74) is 5.70. The third-order valence-electron chi connectivity index (χ3n) is 2.87. The fourth-order valence-corrected chi connectivity index (χ4v) is 2.43. The molecule has 3 N–H and O–H groups in total. The average Bonchev–Trinajstić information content (AvgIpc) is 2.18. The van der Waals surface area contributed by atoms with E-state index in [9.17, 15) is 4.79 Å². The van der Waals surface area contributed by atoms with Gasteiger partial charge in [-0.3, -0.25) is 9.69 Å². The number of nitrogens with two attached hydrogens (primary N) is 1. The predicted octanol–water partition coefficient (Wildman–Crippen LogP) is 0.262. The van der Waals surface area contributed by atoms with Crippen molar-refractivity contribution in [3.63, 3.8) is 0 Å². The van der Waals surface area contributed by atoms with E-state index in [0.717, 1.165) is 19.4 Å². The van der Waals surface area contributed by atoms with Crippen molar-refractivity contribution < 1.29 is 4.79 Å². The molecule has 5 heteroatoms. The molecule has 2 unspecified atom stereocenters. The molecule has 1 aliphatic rings. The molecule has 4 nitrogen and oxygen atoms in total. The van der Waals surface area contributed by atoms with E-state index in [2.05, 4.69) is 10.2 Å². The Kier molecular flexibility index (Phi) is 4.47. The van der Waals surface area contributed by atoms with Gasteiger partial charge in [0.1, 0.15) is 0 Å². The zero-order chi connectivity index (χ0) is 11.4. The number of carbonyl (C=O) groups is 1. The van der Waals surface area contributed by atoms with E-state index in [4.69, 9.17) is 18.0 Å². The Morgan fingerprint density at radius 2 is 2.40 bits per heavy atom. The molecule has 1 amide bonds. The highest BCUT2D eigenvalue weighted by molar-refractivity contribution is 7.80. The van der Waals surface area contributed by atoms with Crippen LogP contribution in [-0.4, -0.2) is 41.0 Å². The Labute approximate surface area is 96.2 Å². The molecular weight excluding hydrogens is 210 g/mol. The molecule has 0 saturated carbocycles. The molecule has 1 rings (SSSR count). The Morgan fingerprint density at radius 1 is 1.73 bits per heavy atom. The molecule has 15 heavy (non-hydrogen) atoms. The van der Waals surface area contributed by atoms with Gasteiger partial charge in [-0.15, -0.1) is 0 Å². The second-order valence-electron chi connectivity index (χ2n) is 3.78. The number of amides is 1. The van der Waals surface area contributed by atoms with E-state index in [0.29, 0.717) is 11.5 Å². The van der Waals surface area contributed by atoms with E-state index in [1.165, 1.54) is 0 Å². The molecule has 0 aliphatic carbocycles. The van der Waals surface area contributed by atoms with Crippen LogP contribution in [0, 0.1) is 0 Å². The van der Waals surface area contributed by atoms with Gasteiger partial charge in [0.15, 0.2) is 0 Å². The summed E-state index contributed by atoms with van der Waals surface area (Å²) < 4.78 is 0. The number of nitrogens with zero attached hydrogens (tertiary/aromatic N) is 1. The Bertz CT molecular complexity index is 251. The summed E-state index contributed by atoms with van der Waals surface area (Å²) >= 11 is 5.04. The Balaban J connectivity index is 2.80. The molecule has 1 heterocycles. The van der Waals surface area contributed by atoms with Gasteiger partial charge in [0.05, 0.1) is 17.1 Å². The molecule has 0 radical (unpaired) electrons. The standard InChI is InChI=1S/C10H19N3OS/c1-3-7(9(11)15)13-6-5-12-10(14)8(13)4-2/h7-8H,3-6H2,1-2H3,(H2,11,15)(H,12,14). The zero-order valence-electron chi connectivity index (χ0n) is 9.32. The van der Waals surface area contributed by atoms with Crippen molar-refractivity contribution in [1.82, 2.24) is 10.2 Å². The van der Waals surface area contributed by atoms with E-state index in [1.54, 1.807) is 0 Å². The van der Waals surface area contributed by atoms with Crippen molar-refractivity contribution in [1.29, 1.82) is 0 Å². The number of thiocarbonyl (C=S) groups is 1. The lowest BCUT2D eigenvalue weighted by Gasteiger charge is -2.39. The van der Waals surface area contributed by atoms with Crippen molar-refractivity contribution in [2.45, 2.75) is 38.8 Å². The van der Waals surface area contributed by atoms with Gasteiger partial charge in [-0.05, 0) is 12.8 Å². The number of nitrogens with one attached hydrogen (secondary N) is 1. The minimum Gasteiger partial charge on any atom is -0.392 e. The Morgan fingerprint density at radius 3 is 2.87 bits per heavy atom. The molecule has 1 aliphatic heterocycles. The highest BCUT2D eigenvalue weighted by Gasteiger charge is 2.33. The normalized spacial score (nSPS) is 24.7. The fourth-order valence-electron chi connectivity index (χ4n) is 2.12. The Hall–Kier alpha value is -0.680. The van der Waals surface area contributed by atoms with Crippen molar-refractivity contribution in [2.75, 3.05) is 13.1 Å². The van der Waals surface area contributed by atoms with Gasteiger partial charge >= 0.3 is 0 Å². The quantitative estimate of drug-likeness (QED) is 0.679. The van der Waals surface area contributed by atoms with Crippen LogP contribution >= 0.6 is 12.2 Å². The van der Waals surface area contributed by atoms with Gasteiger partial charge in [0.2, 0.25) is 5.91 Å². The smallest absolute Gasteiger partial charge is 0.237 e. The third kappa shape index (κ3) is 2.66. The highest BCUT2D eigenvalue weighted by atomic mass is 32.1. The summed E-state index contributed by atoms with van der Waals surface area (Å²) in [7, 11) is 0. The van der Waals surface area contributed by atoms with Crippen LogP contribution in [0.3, 0.4) is 0 Å². The van der Waals surface area contributed by atoms with Crippen molar-refractivity contribution in [2.24, 2.45) is 5.73 Å². The number of rotatable bonds is 4. The zero-order valence-corrected chi connectivity index (χ0v) is 10.1. The number of carbonyl (C=O) groups excluding carboxylic acids is 1. The molecule has 0 spiro atoms. The van der Waals surface area contributed by atoms with Crippen LogP contribution in [0.2, 0.25) is 0 Å². The van der Waals surface area contributed by atoms with Crippen LogP contribution in [0.15, 0.2) is 0 Å². The lowest BCUT2D eigenvalue weighted by Crippen LogP contribution is -2.60. The number of piperazine rings is 1. The van der Waals surface area contributed by atoms with Crippen molar-refractivity contribution >= 4 is 23.1 Å². The van der Waals surface area contributed by atoms with Gasteiger partial charge in [-0.25, -0.2) is 0 Å². The lowest BCUT2D eigenvalue weighted by atomic mass is 10.0. The summed E-state index contributed by atoms with van der Waals surface area (Å²) in [6, 6.07) is -0.0267. The van der Waals surface area contributed by atoms with Crippen molar-refractivity contribution in [3.05, 3.63) is 0 Å². The van der Waals surface area contributed by atoms with Crippen LogP contribution < -0.4 is 11.1 Å². The first-order valence-electron chi connectivity index (χ1n) is 5.44. The van der Waals surface area contributed by atoms with E-state index in [1.807, 2.05) is 13.8 Å². The van der Waals surface area contributed by atoms with Crippen LogP contribution in [0.5, 0.6) is 0 Å². The summed E-state index contributed by atoms with van der Waals surface area (Å²) in [5, 5.41) is 2.87. The molecule has 0 aromatic carbocycles. The summed E-state index contributed by atoms with van der Waals surface area (Å²) in [6.45, 7) is 5.58. The first kappa shape index (κ1) is 12.4. The monoisotopic (exact) mass is 229 g/mol. The summed E-state index contributed by atoms with van der Waals surface area (Å²) in [5.74, 6) is 0.0958. The lowest BCUT2D eigenvalue weighted by molar-refractivity contribution is -0.129. The molecule has 1 saturated heterocycles. The molecule has 1 fully saturated rings. The maximum absolute atomic E-state index is 11.6. The van der Waals surface area contributed by atoms with Gasteiger partial charge in [0, 0.05) is 13.1 Å². The number of hydrogen-bond acceptors (Lipinski definition) is 3. The molecule has 0 aromatic rings. The predicted molar refractivity (Wildman–Crippen MR) is 64.7 cm³/mol.